The fraction of sp³-hybridized carbons (Fsp3) is 0.538. The summed E-state index contributed by atoms with van der Waals surface area (Å²) in [6, 6.07) is 4.61. The van der Waals surface area contributed by atoms with E-state index < -0.39 is 23.3 Å². The zero-order chi connectivity index (χ0) is 14.7. The molecule has 0 aromatic heterocycles. The number of hydrogen-bond donors (Lipinski definition) is 3. The minimum absolute atomic E-state index is 0.0862. The van der Waals surface area contributed by atoms with E-state index in [-0.39, 0.29) is 18.8 Å². The van der Waals surface area contributed by atoms with Crippen molar-refractivity contribution in [3.8, 4) is 0 Å². The first-order valence-corrected chi connectivity index (χ1v) is 5.89. The van der Waals surface area contributed by atoms with Gasteiger partial charge in [-0.25, -0.2) is 0 Å². The fourth-order valence-corrected chi connectivity index (χ4v) is 1.87. The number of halogens is 3. The molecule has 1 aromatic rings. The van der Waals surface area contributed by atoms with Crippen molar-refractivity contribution < 1.29 is 23.4 Å². The van der Waals surface area contributed by atoms with Crippen LogP contribution in [0.2, 0.25) is 0 Å². The Morgan fingerprint density at radius 2 is 1.68 bits per heavy atom. The van der Waals surface area contributed by atoms with Crippen LogP contribution in [0.1, 0.15) is 31.0 Å². The molecule has 1 rings (SSSR count). The minimum Gasteiger partial charge on any atom is -0.394 e. The van der Waals surface area contributed by atoms with Crippen molar-refractivity contribution in [1.82, 2.24) is 5.32 Å². The number of aliphatic hydroxyl groups is 2. The number of rotatable bonds is 5. The lowest BCUT2D eigenvalue weighted by Gasteiger charge is -2.31. The summed E-state index contributed by atoms with van der Waals surface area (Å²) in [7, 11) is 0. The lowest BCUT2D eigenvalue weighted by atomic mass is 9.97. The number of aliphatic hydroxyl groups excluding tert-OH is 2. The number of alkyl halides is 3. The van der Waals surface area contributed by atoms with E-state index in [0.29, 0.717) is 0 Å². The van der Waals surface area contributed by atoms with E-state index in [1.165, 1.54) is 18.2 Å². The summed E-state index contributed by atoms with van der Waals surface area (Å²) in [4.78, 5) is 0. The van der Waals surface area contributed by atoms with Gasteiger partial charge in [-0.1, -0.05) is 18.2 Å². The number of benzene rings is 1. The Bertz CT molecular complexity index is 417. The van der Waals surface area contributed by atoms with Gasteiger partial charge in [-0.05, 0) is 25.5 Å². The van der Waals surface area contributed by atoms with Gasteiger partial charge in [0.25, 0.3) is 0 Å². The topological polar surface area (TPSA) is 52.5 Å². The standard InChI is InChI=1S/C13H18F3NO2/c1-9(17-12(2,7-18)8-19)10-5-3-4-6-11(10)13(14,15)16/h3-6,9,17-19H,7-8H2,1-2H3. The monoisotopic (exact) mass is 277 g/mol. The number of hydrogen-bond acceptors (Lipinski definition) is 3. The molecule has 1 unspecified atom stereocenters. The van der Waals surface area contributed by atoms with Gasteiger partial charge in [0.1, 0.15) is 0 Å². The Kier molecular flexibility index (Phi) is 4.95. The Morgan fingerprint density at radius 3 is 2.16 bits per heavy atom. The van der Waals surface area contributed by atoms with Gasteiger partial charge in [0.05, 0.1) is 24.3 Å². The van der Waals surface area contributed by atoms with Gasteiger partial charge in [-0.3, -0.25) is 0 Å². The molecular formula is C13H18F3NO2. The molecule has 3 N–H and O–H groups in total. The Hall–Kier alpha value is -1.11. The molecule has 0 saturated heterocycles. The predicted molar refractivity (Wildman–Crippen MR) is 65.6 cm³/mol. The quantitative estimate of drug-likeness (QED) is 0.772. The van der Waals surface area contributed by atoms with Crippen molar-refractivity contribution >= 4 is 0 Å². The van der Waals surface area contributed by atoms with Gasteiger partial charge in [0.15, 0.2) is 0 Å². The molecule has 19 heavy (non-hydrogen) atoms. The second-order valence-corrected chi connectivity index (χ2v) is 4.83. The third kappa shape index (κ3) is 3.92. The van der Waals surface area contributed by atoms with Gasteiger partial charge in [0.2, 0.25) is 0 Å². The van der Waals surface area contributed by atoms with E-state index >= 15 is 0 Å². The van der Waals surface area contributed by atoms with Gasteiger partial charge in [-0.2, -0.15) is 13.2 Å². The summed E-state index contributed by atoms with van der Waals surface area (Å²) in [6.45, 7) is 2.36. The lowest BCUT2D eigenvalue weighted by molar-refractivity contribution is -0.138. The first-order chi connectivity index (χ1) is 8.73. The third-order valence-corrected chi connectivity index (χ3v) is 3.00. The summed E-state index contributed by atoms with van der Waals surface area (Å²) >= 11 is 0. The maximum Gasteiger partial charge on any atom is 0.416 e. The zero-order valence-corrected chi connectivity index (χ0v) is 10.8. The third-order valence-electron chi connectivity index (χ3n) is 3.00. The van der Waals surface area contributed by atoms with Crippen LogP contribution in [0.4, 0.5) is 13.2 Å². The fourth-order valence-electron chi connectivity index (χ4n) is 1.87. The molecule has 0 saturated carbocycles. The van der Waals surface area contributed by atoms with E-state index in [2.05, 4.69) is 5.32 Å². The summed E-state index contributed by atoms with van der Waals surface area (Å²) in [5, 5.41) is 21.2. The molecule has 0 heterocycles. The summed E-state index contributed by atoms with van der Waals surface area (Å²) in [5.74, 6) is 0. The van der Waals surface area contributed by atoms with Gasteiger partial charge in [-0.15, -0.1) is 0 Å². The van der Waals surface area contributed by atoms with E-state index in [0.717, 1.165) is 6.07 Å². The summed E-state index contributed by atoms with van der Waals surface area (Å²) in [5.41, 5.74) is -1.66. The molecule has 1 aromatic carbocycles. The molecular weight excluding hydrogens is 259 g/mol. The van der Waals surface area contributed by atoms with Crippen molar-refractivity contribution in [2.45, 2.75) is 31.6 Å². The van der Waals surface area contributed by atoms with Gasteiger partial charge in [0, 0.05) is 6.04 Å². The molecule has 0 radical (unpaired) electrons. The maximum absolute atomic E-state index is 12.9. The largest absolute Gasteiger partial charge is 0.416 e. The van der Waals surface area contributed by atoms with Gasteiger partial charge >= 0.3 is 6.18 Å². The average molecular weight is 277 g/mol. The molecule has 108 valence electrons. The van der Waals surface area contributed by atoms with Crippen molar-refractivity contribution in [1.29, 1.82) is 0 Å². The second-order valence-electron chi connectivity index (χ2n) is 4.83. The predicted octanol–water partition coefficient (Wildman–Crippen LogP) is 2.10. The van der Waals surface area contributed by atoms with Crippen molar-refractivity contribution in [3.63, 3.8) is 0 Å². The smallest absolute Gasteiger partial charge is 0.394 e. The Balaban J connectivity index is 3.04. The minimum atomic E-state index is -4.43. The lowest BCUT2D eigenvalue weighted by Crippen LogP contribution is -2.50. The highest BCUT2D eigenvalue weighted by molar-refractivity contribution is 5.32. The molecule has 0 bridgehead atoms. The van der Waals surface area contributed by atoms with E-state index in [9.17, 15) is 13.2 Å². The second kappa shape index (κ2) is 5.90. The van der Waals surface area contributed by atoms with Crippen molar-refractivity contribution in [3.05, 3.63) is 35.4 Å². The van der Waals surface area contributed by atoms with Gasteiger partial charge < -0.3 is 15.5 Å². The van der Waals surface area contributed by atoms with Crippen LogP contribution in [-0.4, -0.2) is 29.0 Å². The van der Waals surface area contributed by atoms with Crippen molar-refractivity contribution in [2.75, 3.05) is 13.2 Å². The van der Waals surface area contributed by atoms with Crippen LogP contribution in [0.3, 0.4) is 0 Å². The highest BCUT2D eigenvalue weighted by atomic mass is 19.4. The van der Waals surface area contributed by atoms with Crippen LogP contribution in [0.5, 0.6) is 0 Å². The SMILES string of the molecule is CC(NC(C)(CO)CO)c1ccccc1C(F)(F)F. The zero-order valence-electron chi connectivity index (χ0n) is 10.8. The molecule has 3 nitrogen and oxygen atoms in total. The van der Waals surface area contributed by atoms with Crippen LogP contribution in [-0.2, 0) is 6.18 Å². The van der Waals surface area contributed by atoms with Crippen LogP contribution in [0.25, 0.3) is 0 Å². The molecule has 0 amide bonds. The highest BCUT2D eigenvalue weighted by Gasteiger charge is 2.35. The van der Waals surface area contributed by atoms with Crippen molar-refractivity contribution in [2.24, 2.45) is 0 Å². The first-order valence-electron chi connectivity index (χ1n) is 5.89. The van der Waals surface area contributed by atoms with Crippen LogP contribution in [0.15, 0.2) is 24.3 Å². The van der Waals surface area contributed by atoms with Crippen LogP contribution >= 0.6 is 0 Å². The molecule has 0 aliphatic carbocycles. The Labute approximate surface area is 110 Å². The summed E-state index contributed by atoms with van der Waals surface area (Å²) in [6.07, 6.45) is -4.43. The molecule has 0 spiro atoms. The van der Waals surface area contributed by atoms with E-state index in [1.54, 1.807) is 13.8 Å². The number of nitrogens with one attached hydrogen (secondary N) is 1. The molecule has 0 aliphatic heterocycles. The average Bonchev–Trinajstić information content (AvgIpc) is 2.37. The first kappa shape index (κ1) is 15.9. The maximum atomic E-state index is 12.9. The molecule has 0 fully saturated rings. The summed E-state index contributed by atoms with van der Waals surface area (Å²) < 4.78 is 38.6. The van der Waals surface area contributed by atoms with Crippen LogP contribution < -0.4 is 5.32 Å². The Morgan fingerprint density at radius 1 is 1.16 bits per heavy atom. The van der Waals surface area contributed by atoms with Crippen LogP contribution in [0, 0.1) is 0 Å². The van der Waals surface area contributed by atoms with E-state index in [4.69, 9.17) is 10.2 Å². The molecule has 6 heteroatoms. The highest BCUT2D eigenvalue weighted by Crippen LogP contribution is 2.34. The van der Waals surface area contributed by atoms with E-state index in [1.807, 2.05) is 0 Å². The molecule has 0 aliphatic rings. The molecule has 1 atom stereocenters. The normalized spacial score (nSPS) is 14.5.